The molecular formula is C19H17N3O4. The van der Waals surface area contributed by atoms with E-state index in [0.29, 0.717) is 28.3 Å². The van der Waals surface area contributed by atoms with Crippen molar-refractivity contribution in [1.82, 2.24) is 9.88 Å². The number of nitrogens with zero attached hydrogens (tertiary/aromatic N) is 2. The van der Waals surface area contributed by atoms with Gasteiger partial charge < -0.3 is 19.8 Å². The van der Waals surface area contributed by atoms with Gasteiger partial charge in [0.15, 0.2) is 11.2 Å². The molecule has 2 heterocycles. The topological polar surface area (TPSA) is 98.7 Å². The molecule has 1 atom stereocenters. The molecule has 1 amide bonds. The van der Waals surface area contributed by atoms with Gasteiger partial charge in [-0.15, -0.1) is 0 Å². The van der Waals surface area contributed by atoms with Crippen molar-refractivity contribution < 1.29 is 18.7 Å². The third-order valence-electron chi connectivity index (χ3n) is 4.98. The molecule has 1 aliphatic carbocycles. The summed E-state index contributed by atoms with van der Waals surface area (Å²) in [5.74, 6) is -0.479. The highest BCUT2D eigenvalue weighted by molar-refractivity contribution is 6.14. The average molecular weight is 351 g/mol. The summed E-state index contributed by atoms with van der Waals surface area (Å²) in [4.78, 5) is 32.0. The van der Waals surface area contributed by atoms with Crippen LogP contribution < -0.4 is 5.73 Å². The summed E-state index contributed by atoms with van der Waals surface area (Å²) in [7, 11) is 1.62. The minimum atomic E-state index is -1.41. The number of carbonyl (C=O) groups excluding carboxylic acids is 2. The number of esters is 1. The third-order valence-corrected chi connectivity index (χ3v) is 4.98. The zero-order valence-corrected chi connectivity index (χ0v) is 14.4. The first-order valence-electron chi connectivity index (χ1n) is 8.08. The Morgan fingerprint density at radius 2 is 2.19 bits per heavy atom. The number of rotatable bonds is 3. The number of amides is 1. The largest absolute Gasteiger partial charge is 0.458 e. The molecule has 2 N–H and O–H groups in total. The minimum absolute atomic E-state index is 0.0407. The van der Waals surface area contributed by atoms with E-state index in [0.717, 1.165) is 0 Å². The summed E-state index contributed by atoms with van der Waals surface area (Å²) >= 11 is 0. The van der Waals surface area contributed by atoms with Crippen LogP contribution in [0.1, 0.15) is 18.2 Å². The van der Waals surface area contributed by atoms with Crippen molar-refractivity contribution in [3.05, 3.63) is 59.4 Å². The number of nitrogen functional groups attached to an aromatic ring is 1. The Morgan fingerprint density at radius 3 is 2.92 bits per heavy atom. The van der Waals surface area contributed by atoms with Gasteiger partial charge in [0.1, 0.15) is 12.3 Å². The highest BCUT2D eigenvalue weighted by Gasteiger charge is 2.63. The molecule has 0 bridgehead atoms. The van der Waals surface area contributed by atoms with Gasteiger partial charge in [-0.05, 0) is 12.5 Å². The van der Waals surface area contributed by atoms with Crippen molar-refractivity contribution >= 4 is 17.9 Å². The predicted molar refractivity (Wildman–Crippen MR) is 93.8 cm³/mol. The quantitative estimate of drug-likeness (QED) is 0.671. The Bertz CT molecular complexity index is 1000. The smallest absolute Gasteiger partial charge is 0.337 e. The highest BCUT2D eigenvalue weighted by atomic mass is 16.5. The standard InChI is InChI=1S/C19H17N3O4/c1-4-9-25-16(23)13-10(2)22(3)17(24)19(13)12-8-6-5-7-11(12)14-15(19)21-18(20)26-14/h4-8H,1,9H2,2-3H3,(H2,20,21)/t19-/m0/s1. The minimum Gasteiger partial charge on any atom is -0.458 e. The lowest BCUT2D eigenvalue weighted by molar-refractivity contribution is -0.140. The number of ether oxygens (including phenoxy) is 1. The van der Waals surface area contributed by atoms with Crippen LogP contribution in [0.4, 0.5) is 6.01 Å². The van der Waals surface area contributed by atoms with Crippen molar-refractivity contribution in [2.75, 3.05) is 19.4 Å². The number of allylic oxidation sites excluding steroid dienone is 1. The lowest BCUT2D eigenvalue weighted by atomic mass is 9.74. The van der Waals surface area contributed by atoms with E-state index in [4.69, 9.17) is 14.9 Å². The molecule has 0 saturated heterocycles. The first-order valence-corrected chi connectivity index (χ1v) is 8.08. The molecule has 4 rings (SSSR count). The van der Waals surface area contributed by atoms with Crippen molar-refractivity contribution in [2.24, 2.45) is 0 Å². The van der Waals surface area contributed by atoms with E-state index < -0.39 is 11.4 Å². The maximum atomic E-state index is 13.4. The molecule has 1 aromatic heterocycles. The van der Waals surface area contributed by atoms with Gasteiger partial charge in [0.2, 0.25) is 5.91 Å². The highest BCUT2D eigenvalue weighted by Crippen LogP contribution is 2.57. The van der Waals surface area contributed by atoms with E-state index in [2.05, 4.69) is 11.6 Å². The van der Waals surface area contributed by atoms with E-state index in [-0.39, 0.29) is 24.1 Å². The summed E-state index contributed by atoms with van der Waals surface area (Å²) < 4.78 is 10.9. The monoisotopic (exact) mass is 351 g/mol. The second-order valence-electron chi connectivity index (χ2n) is 6.24. The SMILES string of the molecule is C=CCOC(=O)C1=C(C)N(C)C(=O)[C@@]12c1ccccc1-c1oc(N)nc12. The number of nitrogens with two attached hydrogens (primary N) is 1. The van der Waals surface area contributed by atoms with Crippen LogP contribution in [0.3, 0.4) is 0 Å². The van der Waals surface area contributed by atoms with Crippen LogP contribution in [0.25, 0.3) is 11.3 Å². The Hall–Kier alpha value is -3.35. The number of hydrogen-bond acceptors (Lipinski definition) is 6. The number of likely N-dealkylation sites (N-methyl/N-ethyl adjacent to an activating group) is 1. The van der Waals surface area contributed by atoms with E-state index >= 15 is 0 Å². The first kappa shape index (κ1) is 16.1. The van der Waals surface area contributed by atoms with Crippen molar-refractivity contribution in [1.29, 1.82) is 0 Å². The fourth-order valence-corrected chi connectivity index (χ4v) is 3.84. The summed E-state index contributed by atoms with van der Waals surface area (Å²) in [6.45, 7) is 5.31. The van der Waals surface area contributed by atoms with Gasteiger partial charge in [-0.1, -0.05) is 36.9 Å². The van der Waals surface area contributed by atoms with Gasteiger partial charge in [0, 0.05) is 18.3 Å². The lowest BCUT2D eigenvalue weighted by Gasteiger charge is -2.25. The number of aromatic nitrogens is 1. The van der Waals surface area contributed by atoms with Crippen LogP contribution in [0, 0.1) is 0 Å². The van der Waals surface area contributed by atoms with Crippen molar-refractivity contribution in [3.63, 3.8) is 0 Å². The van der Waals surface area contributed by atoms with E-state index in [1.54, 1.807) is 20.0 Å². The lowest BCUT2D eigenvalue weighted by Crippen LogP contribution is -2.41. The molecule has 2 aliphatic rings. The number of carbonyl (C=O) groups is 2. The molecule has 0 radical (unpaired) electrons. The van der Waals surface area contributed by atoms with Crippen molar-refractivity contribution in [3.8, 4) is 11.3 Å². The van der Waals surface area contributed by atoms with Crippen LogP contribution in [0.5, 0.6) is 0 Å². The van der Waals surface area contributed by atoms with Crippen LogP contribution in [0.2, 0.25) is 0 Å². The zero-order chi connectivity index (χ0) is 18.6. The Kier molecular flexibility index (Phi) is 3.30. The maximum absolute atomic E-state index is 13.4. The number of oxazole rings is 1. The molecule has 26 heavy (non-hydrogen) atoms. The molecule has 0 fully saturated rings. The van der Waals surface area contributed by atoms with Crippen molar-refractivity contribution in [2.45, 2.75) is 12.3 Å². The molecule has 1 aliphatic heterocycles. The van der Waals surface area contributed by atoms with E-state index in [1.807, 2.05) is 18.2 Å². The number of hydrogen-bond donors (Lipinski definition) is 1. The average Bonchev–Trinajstić information content (AvgIpc) is 3.20. The Labute approximate surface area is 149 Å². The summed E-state index contributed by atoms with van der Waals surface area (Å²) in [5.41, 5.74) is 6.75. The van der Waals surface area contributed by atoms with Crippen LogP contribution in [-0.2, 0) is 19.7 Å². The molecule has 2 aromatic rings. The van der Waals surface area contributed by atoms with Gasteiger partial charge in [0.05, 0.1) is 5.57 Å². The Morgan fingerprint density at radius 1 is 1.46 bits per heavy atom. The predicted octanol–water partition coefficient (Wildman–Crippen LogP) is 2.00. The van der Waals surface area contributed by atoms with Crippen LogP contribution in [-0.4, -0.2) is 35.4 Å². The molecule has 1 spiro atoms. The number of anilines is 1. The van der Waals surface area contributed by atoms with E-state index in [9.17, 15) is 9.59 Å². The first-order chi connectivity index (χ1) is 12.4. The Balaban J connectivity index is 2.06. The fourth-order valence-electron chi connectivity index (χ4n) is 3.84. The normalized spacial score (nSPS) is 20.5. The second kappa shape index (κ2) is 5.32. The molecule has 0 saturated carbocycles. The van der Waals surface area contributed by atoms with Gasteiger partial charge in [-0.2, -0.15) is 4.98 Å². The molecular weight excluding hydrogens is 334 g/mol. The summed E-state index contributed by atoms with van der Waals surface area (Å²) in [5, 5.41) is 0. The molecule has 7 nitrogen and oxygen atoms in total. The zero-order valence-electron chi connectivity index (χ0n) is 14.4. The van der Waals surface area contributed by atoms with Gasteiger partial charge in [0.25, 0.3) is 6.01 Å². The maximum Gasteiger partial charge on any atom is 0.337 e. The fraction of sp³-hybridized carbons (Fsp3) is 0.211. The van der Waals surface area contributed by atoms with Gasteiger partial charge in [-0.25, -0.2) is 4.79 Å². The molecule has 0 unspecified atom stereocenters. The summed E-state index contributed by atoms with van der Waals surface area (Å²) in [6.07, 6.45) is 1.48. The number of fused-ring (bicyclic) bond motifs is 5. The van der Waals surface area contributed by atoms with Gasteiger partial charge in [-0.3, -0.25) is 4.79 Å². The molecule has 1 aromatic carbocycles. The number of benzene rings is 1. The van der Waals surface area contributed by atoms with E-state index in [1.165, 1.54) is 11.0 Å². The van der Waals surface area contributed by atoms with Gasteiger partial charge >= 0.3 is 5.97 Å². The molecule has 7 heteroatoms. The van der Waals surface area contributed by atoms with Crippen LogP contribution in [0.15, 0.2) is 52.6 Å². The van der Waals surface area contributed by atoms with Crippen LogP contribution >= 0.6 is 0 Å². The summed E-state index contributed by atoms with van der Waals surface area (Å²) in [6, 6.07) is 7.21. The third kappa shape index (κ3) is 1.74. The molecule has 132 valence electrons. The second-order valence-corrected chi connectivity index (χ2v) is 6.24.